The topological polar surface area (TPSA) is 117 Å². The van der Waals surface area contributed by atoms with Crippen molar-refractivity contribution in [1.82, 2.24) is 19.7 Å². The third-order valence-corrected chi connectivity index (χ3v) is 4.13. The maximum absolute atomic E-state index is 11.2. The summed E-state index contributed by atoms with van der Waals surface area (Å²) >= 11 is 3.31. The lowest BCUT2D eigenvalue weighted by atomic mass is 10.1. The van der Waals surface area contributed by atoms with Gasteiger partial charge in [-0.3, -0.25) is 10.4 Å². The summed E-state index contributed by atoms with van der Waals surface area (Å²) in [6, 6.07) is 10.3. The molecular weight excluding hydrogens is 412 g/mol. The normalized spacial score (nSPS) is 11.4. The number of halogens is 1. The molecule has 1 aromatic carbocycles. The number of aromatic nitrogens is 4. The Morgan fingerprint density at radius 1 is 1.26 bits per heavy atom. The molecule has 9 heteroatoms. The molecule has 0 aliphatic carbocycles. The number of hydrogen-bond donors (Lipinski definition) is 2. The van der Waals surface area contributed by atoms with E-state index >= 15 is 0 Å². The van der Waals surface area contributed by atoms with Crippen LogP contribution in [0.1, 0.15) is 16.1 Å². The Hall–Kier alpha value is -3.20. The molecule has 2 heterocycles. The molecule has 27 heavy (non-hydrogen) atoms. The van der Waals surface area contributed by atoms with E-state index in [9.17, 15) is 4.79 Å². The molecule has 2 N–H and O–H groups in total. The van der Waals surface area contributed by atoms with Crippen molar-refractivity contribution >= 4 is 27.7 Å². The minimum atomic E-state index is -1.16. The molecule has 0 radical (unpaired) electrons. The largest absolute Gasteiger partial charge is 0.476 e. The zero-order valence-corrected chi connectivity index (χ0v) is 15.9. The smallest absolute Gasteiger partial charge is 0.356 e. The highest BCUT2D eigenvalue weighted by Gasteiger charge is 2.11. The lowest BCUT2D eigenvalue weighted by Gasteiger charge is -2.10. The van der Waals surface area contributed by atoms with Crippen LogP contribution in [-0.2, 0) is 6.42 Å². The van der Waals surface area contributed by atoms with Gasteiger partial charge in [0.15, 0.2) is 11.5 Å². The van der Waals surface area contributed by atoms with Gasteiger partial charge < -0.3 is 5.11 Å². The summed E-state index contributed by atoms with van der Waals surface area (Å²) in [6.07, 6.45) is 3.72. The third kappa shape index (κ3) is 4.32. The van der Waals surface area contributed by atoms with Gasteiger partial charge in [0.05, 0.1) is 4.47 Å². The highest BCUT2D eigenvalue weighted by atomic mass is 79.9. The first-order chi connectivity index (χ1) is 13.0. The number of carboxylic acids is 1. The molecule has 0 aliphatic heterocycles. The van der Waals surface area contributed by atoms with Crippen LogP contribution in [-0.4, -0.2) is 43.7 Å². The molecule has 0 amide bonds. The fraction of sp³-hybridized carbons (Fsp3) is 0.111. The molecule has 8 nitrogen and oxygen atoms in total. The van der Waals surface area contributed by atoms with E-state index in [1.807, 2.05) is 24.3 Å². The molecule has 0 spiro atoms. The molecule has 3 rings (SSSR count). The second-order valence-corrected chi connectivity index (χ2v) is 6.48. The molecule has 0 bridgehead atoms. The van der Waals surface area contributed by atoms with E-state index in [1.54, 1.807) is 19.4 Å². The van der Waals surface area contributed by atoms with Gasteiger partial charge in [-0.05, 0) is 39.7 Å². The summed E-state index contributed by atoms with van der Waals surface area (Å²) in [4.78, 5) is 23.9. The van der Waals surface area contributed by atoms with Crippen LogP contribution >= 0.6 is 15.9 Å². The lowest BCUT2D eigenvalue weighted by molar-refractivity contribution is 0.0688. The first-order valence-electron chi connectivity index (χ1n) is 7.89. The fourth-order valence-corrected chi connectivity index (χ4v) is 2.65. The summed E-state index contributed by atoms with van der Waals surface area (Å²) in [5.41, 5.74) is 1.66. The number of hydrogen-bond acceptors (Lipinski definition) is 6. The first kappa shape index (κ1) is 18.6. The highest BCUT2D eigenvalue weighted by molar-refractivity contribution is 9.10. The van der Waals surface area contributed by atoms with Crippen LogP contribution in [0, 0.1) is 5.41 Å². The molecule has 2 aromatic heterocycles. The summed E-state index contributed by atoms with van der Waals surface area (Å²) in [5, 5.41) is 21.1. The van der Waals surface area contributed by atoms with Crippen LogP contribution < -0.4 is 5.49 Å². The van der Waals surface area contributed by atoms with Crippen LogP contribution in [0.4, 0.5) is 0 Å². The molecular formula is C18H15BrN6O2. The van der Waals surface area contributed by atoms with Gasteiger partial charge in [-0.1, -0.05) is 18.2 Å². The highest BCUT2D eigenvalue weighted by Crippen LogP contribution is 2.18. The number of carbonyl (C=O) groups is 1. The Balaban J connectivity index is 1.93. The monoisotopic (exact) mass is 426 g/mol. The number of benzene rings is 1. The molecule has 0 fully saturated rings. The minimum absolute atomic E-state index is 0.0491. The lowest BCUT2D eigenvalue weighted by Crippen LogP contribution is -2.32. The number of aromatic carboxylic acids is 1. The predicted molar refractivity (Wildman–Crippen MR) is 103 cm³/mol. The summed E-state index contributed by atoms with van der Waals surface area (Å²) in [6.45, 7) is 0. The average Bonchev–Trinajstić information content (AvgIpc) is 2.67. The van der Waals surface area contributed by atoms with Gasteiger partial charge in [-0.2, -0.15) is 5.10 Å². The van der Waals surface area contributed by atoms with Gasteiger partial charge in [0.1, 0.15) is 11.3 Å². The van der Waals surface area contributed by atoms with Crippen molar-refractivity contribution < 1.29 is 9.90 Å². The Labute approximate surface area is 162 Å². The molecule has 3 aromatic rings. The van der Waals surface area contributed by atoms with Gasteiger partial charge in [0, 0.05) is 31.4 Å². The van der Waals surface area contributed by atoms with Gasteiger partial charge in [0.2, 0.25) is 0 Å². The molecule has 0 aliphatic rings. The van der Waals surface area contributed by atoms with Crippen LogP contribution in [0.25, 0.3) is 11.4 Å². The minimum Gasteiger partial charge on any atom is -0.476 e. The number of rotatable bonds is 4. The first-order valence-corrected chi connectivity index (χ1v) is 8.68. The zero-order valence-electron chi connectivity index (χ0n) is 14.3. The van der Waals surface area contributed by atoms with E-state index in [4.69, 9.17) is 10.5 Å². The second kappa shape index (κ2) is 8.00. The quantitative estimate of drug-likeness (QED) is 0.490. The Morgan fingerprint density at radius 3 is 2.67 bits per heavy atom. The molecule has 0 saturated heterocycles. The SMILES string of the molecule is C/N=C(/Cc1cccc(-c2ncc(Br)cn2)c1)n1nc(C(=O)O)ccc1=N. The number of nitrogens with zero attached hydrogens (tertiary/aromatic N) is 5. The van der Waals surface area contributed by atoms with Crippen LogP contribution in [0.15, 0.2) is 58.3 Å². The number of carboxylic acid groups (broad SMARTS) is 1. The van der Waals surface area contributed by atoms with Crippen molar-refractivity contribution in [2.24, 2.45) is 4.99 Å². The second-order valence-electron chi connectivity index (χ2n) is 5.56. The molecule has 136 valence electrons. The van der Waals surface area contributed by atoms with Gasteiger partial charge in [-0.25, -0.2) is 19.4 Å². The maximum atomic E-state index is 11.2. The van der Waals surface area contributed by atoms with E-state index in [-0.39, 0.29) is 11.2 Å². The van der Waals surface area contributed by atoms with E-state index < -0.39 is 5.97 Å². The van der Waals surface area contributed by atoms with E-state index in [0.29, 0.717) is 18.1 Å². The fourth-order valence-electron chi connectivity index (χ4n) is 2.45. The average molecular weight is 427 g/mol. The summed E-state index contributed by atoms with van der Waals surface area (Å²) < 4.78 is 2.03. The maximum Gasteiger partial charge on any atom is 0.356 e. The predicted octanol–water partition coefficient (Wildman–Crippen LogP) is 2.40. The Bertz CT molecular complexity index is 1080. The van der Waals surface area contributed by atoms with Gasteiger partial charge >= 0.3 is 5.97 Å². The molecule has 0 saturated carbocycles. The molecule has 0 atom stereocenters. The van der Waals surface area contributed by atoms with Crippen molar-refractivity contribution in [3.8, 4) is 11.4 Å². The van der Waals surface area contributed by atoms with Crippen LogP contribution in [0.5, 0.6) is 0 Å². The van der Waals surface area contributed by atoms with E-state index in [0.717, 1.165) is 15.6 Å². The van der Waals surface area contributed by atoms with Gasteiger partial charge in [0.25, 0.3) is 0 Å². The van der Waals surface area contributed by atoms with E-state index in [2.05, 4.69) is 36.0 Å². The standard InChI is InChI=1S/C18H15BrN6O2/c1-21-16(25-15(20)6-5-14(24-25)18(26)27)8-11-3-2-4-12(7-11)17-22-9-13(19)10-23-17/h2-7,9-10,20H,8H2,1H3,(H,26,27)/b20-15?,21-16-. The van der Waals surface area contributed by atoms with Crippen LogP contribution in [0.3, 0.4) is 0 Å². The summed E-state index contributed by atoms with van der Waals surface area (Å²) in [5.74, 6) is -0.111. The van der Waals surface area contributed by atoms with Crippen molar-refractivity contribution in [2.45, 2.75) is 6.42 Å². The van der Waals surface area contributed by atoms with Gasteiger partial charge in [-0.15, -0.1) is 0 Å². The van der Waals surface area contributed by atoms with E-state index in [1.165, 1.54) is 16.8 Å². The zero-order chi connectivity index (χ0) is 19.4. The number of nitrogens with one attached hydrogen (secondary N) is 1. The third-order valence-electron chi connectivity index (χ3n) is 3.72. The van der Waals surface area contributed by atoms with Crippen molar-refractivity contribution in [2.75, 3.05) is 7.05 Å². The van der Waals surface area contributed by atoms with Crippen molar-refractivity contribution in [1.29, 1.82) is 5.41 Å². The summed E-state index contributed by atoms with van der Waals surface area (Å²) in [7, 11) is 1.58. The Kier molecular flexibility index (Phi) is 5.51. The molecule has 0 unspecified atom stereocenters. The van der Waals surface area contributed by atoms with Crippen molar-refractivity contribution in [3.63, 3.8) is 0 Å². The van der Waals surface area contributed by atoms with Crippen molar-refractivity contribution in [3.05, 3.63) is 70.0 Å². The van der Waals surface area contributed by atoms with Crippen LogP contribution in [0.2, 0.25) is 0 Å². The number of aliphatic imine (C=N–C) groups is 1. The Morgan fingerprint density at radius 2 is 2.00 bits per heavy atom.